The number of hydrogen-bond acceptors (Lipinski definition) is 4. The van der Waals surface area contributed by atoms with Gasteiger partial charge < -0.3 is 19.9 Å². The van der Waals surface area contributed by atoms with E-state index in [1.165, 1.54) is 30.3 Å². The summed E-state index contributed by atoms with van der Waals surface area (Å²) in [5, 5.41) is 11.8. The van der Waals surface area contributed by atoms with Crippen LogP contribution in [-0.2, 0) is 4.74 Å². The Morgan fingerprint density at radius 3 is 2.37 bits per heavy atom. The zero-order valence-corrected chi connectivity index (χ0v) is 15.4. The van der Waals surface area contributed by atoms with Gasteiger partial charge in [-0.25, -0.2) is 14.0 Å². The number of carboxylic acids is 1. The minimum atomic E-state index is -1.07. The average molecular weight is 375 g/mol. The summed E-state index contributed by atoms with van der Waals surface area (Å²) < 4.78 is 24.0. The molecule has 2 rings (SSSR count). The maximum atomic E-state index is 13.2. The highest BCUT2D eigenvalue weighted by molar-refractivity contribution is 5.90. The van der Waals surface area contributed by atoms with E-state index in [9.17, 15) is 19.1 Å². The minimum absolute atomic E-state index is 0.0913. The molecule has 0 unspecified atom stereocenters. The summed E-state index contributed by atoms with van der Waals surface area (Å²) in [4.78, 5) is 22.9. The van der Waals surface area contributed by atoms with E-state index >= 15 is 0 Å². The molecule has 0 saturated carbocycles. The number of carbonyl (C=O) groups is 2. The Hall–Kier alpha value is -3.09. The zero-order chi connectivity index (χ0) is 20.0. The SMILES string of the molecule is CC(C)(C)OC(=O)NCCOc1ccc(C(=O)O)cc1-c1ccc(F)cc1. The summed E-state index contributed by atoms with van der Waals surface area (Å²) >= 11 is 0. The first-order chi connectivity index (χ1) is 12.7. The first-order valence-electron chi connectivity index (χ1n) is 8.38. The van der Waals surface area contributed by atoms with Crippen LogP contribution in [0.15, 0.2) is 42.5 Å². The van der Waals surface area contributed by atoms with Gasteiger partial charge in [0.05, 0.1) is 12.1 Å². The number of amides is 1. The lowest BCUT2D eigenvalue weighted by molar-refractivity contribution is 0.0519. The van der Waals surface area contributed by atoms with Gasteiger partial charge in [0, 0.05) is 5.56 Å². The van der Waals surface area contributed by atoms with Gasteiger partial charge in [-0.15, -0.1) is 0 Å². The van der Waals surface area contributed by atoms with Gasteiger partial charge in [0.1, 0.15) is 23.8 Å². The highest BCUT2D eigenvalue weighted by Gasteiger charge is 2.16. The number of carbonyl (C=O) groups excluding carboxylic acids is 1. The fourth-order valence-electron chi connectivity index (χ4n) is 2.27. The number of carboxylic acid groups (broad SMARTS) is 1. The first kappa shape index (κ1) is 20.2. The standard InChI is InChI=1S/C20H22FNO5/c1-20(2,3)27-19(25)22-10-11-26-17-9-6-14(18(23)24)12-16(17)13-4-7-15(21)8-5-13/h4-9,12H,10-11H2,1-3H3,(H,22,25)(H,23,24). The minimum Gasteiger partial charge on any atom is -0.491 e. The maximum absolute atomic E-state index is 13.2. The lowest BCUT2D eigenvalue weighted by Gasteiger charge is -2.19. The molecule has 0 radical (unpaired) electrons. The molecule has 27 heavy (non-hydrogen) atoms. The number of ether oxygens (including phenoxy) is 2. The molecule has 0 bridgehead atoms. The van der Waals surface area contributed by atoms with Crippen molar-refractivity contribution < 1.29 is 28.6 Å². The van der Waals surface area contributed by atoms with Crippen molar-refractivity contribution in [1.82, 2.24) is 5.32 Å². The Balaban J connectivity index is 2.08. The van der Waals surface area contributed by atoms with E-state index in [-0.39, 0.29) is 18.7 Å². The smallest absolute Gasteiger partial charge is 0.407 e. The van der Waals surface area contributed by atoms with Crippen LogP contribution in [0.2, 0.25) is 0 Å². The Morgan fingerprint density at radius 2 is 1.78 bits per heavy atom. The van der Waals surface area contributed by atoms with Gasteiger partial charge >= 0.3 is 12.1 Å². The lowest BCUT2D eigenvalue weighted by Crippen LogP contribution is -2.34. The fraction of sp³-hybridized carbons (Fsp3) is 0.300. The molecule has 0 spiro atoms. The van der Waals surface area contributed by atoms with Crippen molar-refractivity contribution in [3.63, 3.8) is 0 Å². The number of alkyl carbamates (subject to hydrolysis) is 1. The Labute approximate surface area is 156 Å². The summed E-state index contributed by atoms with van der Waals surface area (Å²) in [7, 11) is 0. The molecule has 0 aliphatic heterocycles. The van der Waals surface area contributed by atoms with E-state index in [0.717, 1.165) is 0 Å². The summed E-state index contributed by atoms with van der Waals surface area (Å²) in [6.07, 6.45) is -0.550. The quantitative estimate of drug-likeness (QED) is 0.743. The van der Waals surface area contributed by atoms with Gasteiger partial charge in [-0.2, -0.15) is 0 Å². The van der Waals surface area contributed by atoms with Crippen LogP contribution in [0.25, 0.3) is 11.1 Å². The largest absolute Gasteiger partial charge is 0.491 e. The molecule has 0 aliphatic rings. The third-order valence-electron chi connectivity index (χ3n) is 3.41. The molecule has 0 fully saturated rings. The number of hydrogen-bond donors (Lipinski definition) is 2. The Bertz CT molecular complexity index is 812. The van der Waals surface area contributed by atoms with Gasteiger partial charge in [0.15, 0.2) is 0 Å². The van der Waals surface area contributed by atoms with Crippen molar-refractivity contribution in [1.29, 1.82) is 0 Å². The van der Waals surface area contributed by atoms with Gasteiger partial charge in [-0.3, -0.25) is 0 Å². The predicted octanol–water partition coefficient (Wildman–Crippen LogP) is 4.09. The Kier molecular flexibility index (Phi) is 6.39. The molecule has 2 aromatic carbocycles. The molecular weight excluding hydrogens is 353 g/mol. The third kappa shape index (κ3) is 6.29. The monoisotopic (exact) mass is 375 g/mol. The molecule has 0 saturated heterocycles. The number of benzene rings is 2. The molecule has 0 heterocycles. The second kappa shape index (κ2) is 8.53. The van der Waals surface area contributed by atoms with Gasteiger partial charge in [-0.05, 0) is 56.7 Å². The van der Waals surface area contributed by atoms with Crippen molar-refractivity contribution in [3.8, 4) is 16.9 Å². The van der Waals surface area contributed by atoms with Crippen LogP contribution in [0.5, 0.6) is 5.75 Å². The number of halogens is 1. The van der Waals surface area contributed by atoms with Crippen molar-refractivity contribution in [3.05, 3.63) is 53.8 Å². The molecule has 7 heteroatoms. The van der Waals surface area contributed by atoms with Crippen LogP contribution in [0.3, 0.4) is 0 Å². The molecule has 2 aromatic rings. The zero-order valence-electron chi connectivity index (χ0n) is 15.4. The first-order valence-corrected chi connectivity index (χ1v) is 8.38. The van der Waals surface area contributed by atoms with Crippen LogP contribution in [-0.4, -0.2) is 35.9 Å². The van der Waals surface area contributed by atoms with Crippen LogP contribution in [0.4, 0.5) is 9.18 Å². The number of aromatic carboxylic acids is 1. The van der Waals surface area contributed by atoms with E-state index in [0.29, 0.717) is 16.9 Å². The number of rotatable bonds is 6. The summed E-state index contributed by atoms with van der Waals surface area (Å²) in [5.41, 5.74) is 0.642. The maximum Gasteiger partial charge on any atom is 0.407 e. The number of nitrogens with one attached hydrogen (secondary N) is 1. The van der Waals surface area contributed by atoms with Crippen molar-refractivity contribution >= 4 is 12.1 Å². The van der Waals surface area contributed by atoms with Gasteiger partial charge in [0.2, 0.25) is 0 Å². The Morgan fingerprint density at radius 1 is 1.11 bits per heavy atom. The van der Waals surface area contributed by atoms with E-state index in [1.54, 1.807) is 32.9 Å². The van der Waals surface area contributed by atoms with Gasteiger partial charge in [0.25, 0.3) is 0 Å². The average Bonchev–Trinajstić information content (AvgIpc) is 2.58. The molecule has 1 amide bonds. The second-order valence-corrected chi connectivity index (χ2v) is 6.80. The molecule has 0 aromatic heterocycles. The third-order valence-corrected chi connectivity index (χ3v) is 3.41. The van der Waals surface area contributed by atoms with Crippen LogP contribution in [0.1, 0.15) is 31.1 Å². The van der Waals surface area contributed by atoms with Crippen LogP contribution >= 0.6 is 0 Å². The van der Waals surface area contributed by atoms with E-state index in [4.69, 9.17) is 9.47 Å². The van der Waals surface area contributed by atoms with E-state index < -0.39 is 23.5 Å². The molecule has 0 atom stereocenters. The van der Waals surface area contributed by atoms with Crippen LogP contribution in [0, 0.1) is 5.82 Å². The highest BCUT2D eigenvalue weighted by atomic mass is 19.1. The van der Waals surface area contributed by atoms with Crippen LogP contribution < -0.4 is 10.1 Å². The second-order valence-electron chi connectivity index (χ2n) is 6.80. The van der Waals surface area contributed by atoms with Gasteiger partial charge in [-0.1, -0.05) is 12.1 Å². The predicted molar refractivity (Wildman–Crippen MR) is 98.5 cm³/mol. The summed E-state index contributed by atoms with van der Waals surface area (Å²) in [5.74, 6) is -1.04. The van der Waals surface area contributed by atoms with E-state index in [2.05, 4.69) is 5.32 Å². The molecule has 144 valence electrons. The normalized spacial score (nSPS) is 11.0. The molecular formula is C20H22FNO5. The topological polar surface area (TPSA) is 84.9 Å². The molecule has 2 N–H and O–H groups in total. The molecule has 6 nitrogen and oxygen atoms in total. The van der Waals surface area contributed by atoms with E-state index in [1.807, 2.05) is 0 Å². The van der Waals surface area contributed by atoms with Crippen molar-refractivity contribution in [2.45, 2.75) is 26.4 Å². The lowest BCUT2D eigenvalue weighted by atomic mass is 10.0. The molecule has 0 aliphatic carbocycles. The summed E-state index contributed by atoms with van der Waals surface area (Å²) in [6.45, 7) is 5.66. The van der Waals surface area contributed by atoms with Crippen molar-refractivity contribution in [2.75, 3.05) is 13.2 Å². The summed E-state index contributed by atoms with van der Waals surface area (Å²) in [6, 6.07) is 10.1. The highest BCUT2D eigenvalue weighted by Crippen LogP contribution is 2.31. The fourth-order valence-corrected chi connectivity index (χ4v) is 2.27. The van der Waals surface area contributed by atoms with Crippen molar-refractivity contribution in [2.24, 2.45) is 0 Å².